The summed E-state index contributed by atoms with van der Waals surface area (Å²) < 4.78 is 0. The zero-order valence-corrected chi connectivity index (χ0v) is 9.16. The number of amides is 2. The Kier molecular flexibility index (Phi) is 4.55. The Morgan fingerprint density at radius 3 is 2.87 bits per heavy atom. The molecule has 0 aliphatic carbocycles. The first-order chi connectivity index (χ1) is 7.20. The van der Waals surface area contributed by atoms with Crippen molar-refractivity contribution in [3.05, 3.63) is 0 Å². The predicted molar refractivity (Wildman–Crippen MR) is 57.1 cm³/mol. The molecule has 0 spiro atoms. The number of hydrogen-bond acceptors (Lipinski definition) is 3. The van der Waals surface area contributed by atoms with Crippen LogP contribution in [0, 0.1) is 0 Å². The normalized spacial score (nSPS) is 20.4. The summed E-state index contributed by atoms with van der Waals surface area (Å²) in [6, 6.07) is -0.274. The van der Waals surface area contributed by atoms with Crippen LogP contribution in [0.5, 0.6) is 0 Å². The lowest BCUT2D eigenvalue weighted by molar-refractivity contribution is -0.138. The third kappa shape index (κ3) is 2.92. The van der Waals surface area contributed by atoms with E-state index in [1.807, 2.05) is 6.92 Å². The van der Waals surface area contributed by atoms with Crippen molar-refractivity contribution in [1.29, 1.82) is 0 Å². The molecule has 1 fully saturated rings. The summed E-state index contributed by atoms with van der Waals surface area (Å²) in [6.07, 6.45) is 2.13. The number of nitrogens with two attached hydrogens (primary N) is 1. The van der Waals surface area contributed by atoms with Crippen molar-refractivity contribution in [2.45, 2.75) is 32.2 Å². The molecule has 0 saturated carbocycles. The maximum absolute atomic E-state index is 11.7. The first-order valence-corrected chi connectivity index (χ1v) is 5.48. The van der Waals surface area contributed by atoms with E-state index in [1.165, 1.54) is 0 Å². The van der Waals surface area contributed by atoms with E-state index in [2.05, 4.69) is 5.32 Å². The summed E-state index contributed by atoms with van der Waals surface area (Å²) in [5, 5.41) is 2.73. The summed E-state index contributed by atoms with van der Waals surface area (Å²) in [6.45, 7) is 3.42. The highest BCUT2D eigenvalue weighted by molar-refractivity contribution is 5.88. The van der Waals surface area contributed by atoms with Crippen molar-refractivity contribution in [3.8, 4) is 0 Å². The molecule has 5 heteroatoms. The SMILES string of the molecule is CCC(=O)N1CCCC1C(=O)NCCN. The maximum atomic E-state index is 11.7. The van der Waals surface area contributed by atoms with Crippen LogP contribution in [0.3, 0.4) is 0 Å². The number of nitrogens with one attached hydrogen (secondary N) is 1. The maximum Gasteiger partial charge on any atom is 0.242 e. The molecule has 1 heterocycles. The molecule has 1 aliphatic rings. The Hall–Kier alpha value is -1.10. The zero-order chi connectivity index (χ0) is 11.3. The monoisotopic (exact) mass is 213 g/mol. The largest absolute Gasteiger partial charge is 0.353 e. The minimum absolute atomic E-state index is 0.0559. The van der Waals surface area contributed by atoms with Crippen molar-refractivity contribution in [2.75, 3.05) is 19.6 Å². The van der Waals surface area contributed by atoms with Gasteiger partial charge in [0.2, 0.25) is 11.8 Å². The molecule has 15 heavy (non-hydrogen) atoms. The van der Waals surface area contributed by atoms with Gasteiger partial charge in [-0.1, -0.05) is 6.92 Å². The quantitative estimate of drug-likeness (QED) is 0.658. The van der Waals surface area contributed by atoms with Gasteiger partial charge in [0.15, 0.2) is 0 Å². The van der Waals surface area contributed by atoms with E-state index in [-0.39, 0.29) is 17.9 Å². The van der Waals surface area contributed by atoms with Crippen LogP contribution < -0.4 is 11.1 Å². The smallest absolute Gasteiger partial charge is 0.242 e. The van der Waals surface area contributed by atoms with E-state index in [0.717, 1.165) is 12.8 Å². The summed E-state index contributed by atoms with van der Waals surface area (Å²) in [5.74, 6) is -0.0138. The Morgan fingerprint density at radius 1 is 1.53 bits per heavy atom. The number of rotatable bonds is 4. The molecule has 1 aliphatic heterocycles. The Labute approximate surface area is 90.0 Å². The van der Waals surface area contributed by atoms with Crippen LogP contribution >= 0.6 is 0 Å². The van der Waals surface area contributed by atoms with Crippen LogP contribution in [0.15, 0.2) is 0 Å². The van der Waals surface area contributed by atoms with E-state index < -0.39 is 0 Å². The van der Waals surface area contributed by atoms with E-state index in [1.54, 1.807) is 4.90 Å². The average molecular weight is 213 g/mol. The molecule has 0 aromatic rings. The van der Waals surface area contributed by atoms with Gasteiger partial charge in [-0.15, -0.1) is 0 Å². The second-order valence-corrected chi connectivity index (χ2v) is 3.68. The van der Waals surface area contributed by atoms with Crippen LogP contribution in [-0.4, -0.2) is 42.4 Å². The summed E-state index contributed by atoms with van der Waals surface area (Å²) >= 11 is 0. The van der Waals surface area contributed by atoms with Crippen LogP contribution in [0.2, 0.25) is 0 Å². The number of carbonyl (C=O) groups excluding carboxylic acids is 2. The number of nitrogens with zero attached hydrogens (tertiary/aromatic N) is 1. The molecule has 5 nitrogen and oxygen atoms in total. The number of hydrogen-bond donors (Lipinski definition) is 2. The van der Waals surface area contributed by atoms with Crippen LogP contribution in [-0.2, 0) is 9.59 Å². The first kappa shape index (κ1) is 12.0. The highest BCUT2D eigenvalue weighted by atomic mass is 16.2. The van der Waals surface area contributed by atoms with Crippen molar-refractivity contribution in [1.82, 2.24) is 10.2 Å². The predicted octanol–water partition coefficient (Wildman–Crippen LogP) is -0.538. The molecule has 1 atom stereocenters. The van der Waals surface area contributed by atoms with Crippen molar-refractivity contribution >= 4 is 11.8 Å². The molecule has 0 aromatic carbocycles. The van der Waals surface area contributed by atoms with Crippen LogP contribution in [0.1, 0.15) is 26.2 Å². The Bertz CT molecular complexity index is 243. The summed E-state index contributed by atoms with van der Waals surface area (Å²) in [4.78, 5) is 24.9. The third-order valence-electron chi connectivity index (χ3n) is 2.62. The van der Waals surface area contributed by atoms with Crippen molar-refractivity contribution in [3.63, 3.8) is 0 Å². The molecule has 0 radical (unpaired) electrons. The standard InChI is InChI=1S/C10H19N3O2/c1-2-9(14)13-7-3-4-8(13)10(15)12-6-5-11/h8H,2-7,11H2,1H3,(H,12,15). The summed E-state index contributed by atoms with van der Waals surface area (Å²) in [5.41, 5.74) is 5.30. The summed E-state index contributed by atoms with van der Waals surface area (Å²) in [7, 11) is 0. The molecule has 86 valence electrons. The van der Waals surface area contributed by atoms with Gasteiger partial charge in [0.25, 0.3) is 0 Å². The molecule has 1 rings (SSSR count). The molecular formula is C10H19N3O2. The molecular weight excluding hydrogens is 194 g/mol. The second kappa shape index (κ2) is 5.70. The van der Waals surface area contributed by atoms with Gasteiger partial charge in [0.05, 0.1) is 0 Å². The molecule has 1 unspecified atom stereocenters. The average Bonchev–Trinajstić information content (AvgIpc) is 2.73. The molecule has 2 amide bonds. The van der Waals surface area contributed by atoms with Gasteiger partial charge in [-0.2, -0.15) is 0 Å². The van der Waals surface area contributed by atoms with Crippen molar-refractivity contribution in [2.24, 2.45) is 5.73 Å². The number of likely N-dealkylation sites (tertiary alicyclic amines) is 1. The van der Waals surface area contributed by atoms with Gasteiger partial charge in [-0.05, 0) is 12.8 Å². The van der Waals surface area contributed by atoms with Gasteiger partial charge in [0, 0.05) is 26.1 Å². The lowest BCUT2D eigenvalue weighted by atomic mass is 10.2. The zero-order valence-electron chi connectivity index (χ0n) is 9.16. The van der Waals surface area contributed by atoms with E-state index in [9.17, 15) is 9.59 Å². The number of carbonyl (C=O) groups is 2. The van der Waals surface area contributed by atoms with E-state index in [0.29, 0.717) is 26.1 Å². The van der Waals surface area contributed by atoms with Gasteiger partial charge < -0.3 is 16.0 Å². The topological polar surface area (TPSA) is 75.4 Å². The molecule has 1 saturated heterocycles. The highest BCUT2D eigenvalue weighted by Crippen LogP contribution is 2.18. The minimum atomic E-state index is -0.274. The fraction of sp³-hybridized carbons (Fsp3) is 0.800. The van der Waals surface area contributed by atoms with Gasteiger partial charge in [-0.3, -0.25) is 9.59 Å². The Morgan fingerprint density at radius 2 is 2.27 bits per heavy atom. The van der Waals surface area contributed by atoms with Gasteiger partial charge >= 0.3 is 0 Å². The van der Waals surface area contributed by atoms with E-state index in [4.69, 9.17) is 5.73 Å². The minimum Gasteiger partial charge on any atom is -0.353 e. The van der Waals surface area contributed by atoms with Crippen LogP contribution in [0.4, 0.5) is 0 Å². The fourth-order valence-corrected chi connectivity index (χ4v) is 1.85. The lowest BCUT2D eigenvalue weighted by Gasteiger charge is -2.23. The third-order valence-corrected chi connectivity index (χ3v) is 2.62. The van der Waals surface area contributed by atoms with Gasteiger partial charge in [-0.25, -0.2) is 0 Å². The first-order valence-electron chi connectivity index (χ1n) is 5.48. The van der Waals surface area contributed by atoms with Crippen LogP contribution in [0.25, 0.3) is 0 Å². The van der Waals surface area contributed by atoms with Gasteiger partial charge in [0.1, 0.15) is 6.04 Å². The molecule has 3 N–H and O–H groups in total. The fourth-order valence-electron chi connectivity index (χ4n) is 1.85. The Balaban J connectivity index is 2.52. The second-order valence-electron chi connectivity index (χ2n) is 3.68. The lowest BCUT2D eigenvalue weighted by Crippen LogP contribution is -2.46. The molecule has 0 bridgehead atoms. The van der Waals surface area contributed by atoms with Crippen molar-refractivity contribution < 1.29 is 9.59 Å². The highest BCUT2D eigenvalue weighted by Gasteiger charge is 2.32. The molecule has 0 aromatic heterocycles. The van der Waals surface area contributed by atoms with E-state index >= 15 is 0 Å².